The Bertz CT molecular complexity index is 1140. The molecular weight excluding hydrogens is 420 g/mol. The summed E-state index contributed by atoms with van der Waals surface area (Å²) in [4.78, 5) is 53.5. The number of amides is 3. The van der Waals surface area contributed by atoms with Crippen molar-refractivity contribution in [2.45, 2.75) is 26.2 Å². The molecule has 3 amide bonds. The number of anilines is 2. The highest BCUT2D eigenvalue weighted by Gasteiger charge is 2.47. The number of nitrogens with zero attached hydrogens (tertiary/aromatic N) is 2. The first-order chi connectivity index (χ1) is 15.9. The summed E-state index contributed by atoms with van der Waals surface area (Å²) in [5.41, 5.74) is 2.29. The van der Waals surface area contributed by atoms with Crippen molar-refractivity contribution in [1.29, 1.82) is 0 Å². The summed E-state index contributed by atoms with van der Waals surface area (Å²) in [7, 11) is 0. The normalized spacial score (nSPS) is 24.4. The van der Waals surface area contributed by atoms with Crippen LogP contribution in [0.2, 0.25) is 0 Å². The van der Waals surface area contributed by atoms with Crippen LogP contribution in [0.25, 0.3) is 0 Å². The minimum atomic E-state index is -0.560. The molecule has 1 aliphatic carbocycles. The molecule has 2 heterocycles. The van der Waals surface area contributed by atoms with Crippen molar-refractivity contribution < 1.29 is 23.9 Å². The van der Waals surface area contributed by atoms with Crippen molar-refractivity contribution in [2.75, 3.05) is 16.3 Å². The van der Waals surface area contributed by atoms with Crippen LogP contribution in [0.1, 0.15) is 24.8 Å². The molecule has 7 nitrogen and oxygen atoms in total. The van der Waals surface area contributed by atoms with Crippen molar-refractivity contribution in [3.05, 3.63) is 66.2 Å². The van der Waals surface area contributed by atoms with E-state index >= 15 is 0 Å². The van der Waals surface area contributed by atoms with Crippen molar-refractivity contribution in [1.82, 2.24) is 0 Å². The molecule has 33 heavy (non-hydrogen) atoms. The molecule has 2 aromatic rings. The zero-order chi connectivity index (χ0) is 23.1. The maximum atomic E-state index is 12.7. The van der Waals surface area contributed by atoms with E-state index in [1.807, 2.05) is 43.3 Å². The van der Waals surface area contributed by atoms with E-state index in [1.54, 1.807) is 29.2 Å². The lowest BCUT2D eigenvalue weighted by Gasteiger charge is -2.17. The van der Waals surface area contributed by atoms with Crippen LogP contribution in [-0.2, 0) is 19.2 Å². The predicted octanol–water partition coefficient (Wildman–Crippen LogP) is 3.41. The van der Waals surface area contributed by atoms with Crippen LogP contribution < -0.4 is 14.5 Å². The van der Waals surface area contributed by atoms with Crippen LogP contribution >= 0.6 is 0 Å². The summed E-state index contributed by atoms with van der Waals surface area (Å²) in [5.74, 6) is -1.79. The SMILES string of the molecule is Cc1cccc(N2C[C@H](C(=O)Oc3ccc(N4C(=O)[C@H]5CC=CC[C@H]5C4=O)cc3)CC2=O)c1. The summed E-state index contributed by atoms with van der Waals surface area (Å²) < 4.78 is 5.50. The number of fused-ring (bicyclic) bond motifs is 1. The molecule has 2 saturated heterocycles. The average molecular weight is 444 g/mol. The van der Waals surface area contributed by atoms with E-state index in [4.69, 9.17) is 4.74 Å². The standard InChI is InChI=1S/C26H24N2O5/c1-16-5-4-6-19(13-16)27-15-17(14-23(27)29)26(32)33-20-11-9-18(10-12-20)28-24(30)21-7-2-3-8-22(21)25(28)31/h2-6,9-13,17,21-22H,7-8,14-15H2,1H3/t17-,21-,22+/m1/s1. The van der Waals surface area contributed by atoms with Gasteiger partial charge in [0, 0.05) is 18.7 Å². The summed E-state index contributed by atoms with van der Waals surface area (Å²) in [6, 6.07) is 14.0. The second kappa shape index (κ2) is 8.31. The van der Waals surface area contributed by atoms with Crippen molar-refractivity contribution in [3.63, 3.8) is 0 Å². The van der Waals surface area contributed by atoms with Gasteiger partial charge in [-0.3, -0.25) is 24.1 Å². The third-order valence-corrected chi connectivity index (χ3v) is 6.59. The Hall–Kier alpha value is -3.74. The van der Waals surface area contributed by atoms with Crippen LogP contribution in [0.4, 0.5) is 11.4 Å². The molecule has 5 rings (SSSR count). The number of benzene rings is 2. The number of allylic oxidation sites excluding steroid dienone is 2. The Morgan fingerprint density at radius 3 is 2.21 bits per heavy atom. The van der Waals surface area contributed by atoms with Gasteiger partial charge in [0.25, 0.3) is 0 Å². The lowest BCUT2D eigenvalue weighted by atomic mass is 9.85. The summed E-state index contributed by atoms with van der Waals surface area (Å²) >= 11 is 0. The molecule has 0 saturated carbocycles. The van der Waals surface area contributed by atoms with Crippen molar-refractivity contribution in [2.24, 2.45) is 17.8 Å². The Morgan fingerprint density at radius 1 is 0.909 bits per heavy atom. The van der Waals surface area contributed by atoms with Crippen LogP contribution in [-0.4, -0.2) is 30.2 Å². The first kappa shape index (κ1) is 21.1. The zero-order valence-electron chi connectivity index (χ0n) is 18.3. The highest BCUT2D eigenvalue weighted by atomic mass is 16.5. The minimum Gasteiger partial charge on any atom is -0.426 e. The van der Waals surface area contributed by atoms with E-state index in [0.29, 0.717) is 24.3 Å². The lowest BCUT2D eigenvalue weighted by Crippen LogP contribution is -2.30. The van der Waals surface area contributed by atoms with Gasteiger partial charge in [-0.1, -0.05) is 24.3 Å². The quantitative estimate of drug-likeness (QED) is 0.312. The molecule has 2 aliphatic heterocycles. The number of ether oxygens (including phenoxy) is 1. The lowest BCUT2D eigenvalue weighted by molar-refractivity contribution is -0.139. The molecule has 0 aromatic heterocycles. The van der Waals surface area contributed by atoms with Gasteiger partial charge >= 0.3 is 5.97 Å². The average Bonchev–Trinajstić information content (AvgIpc) is 3.32. The van der Waals surface area contributed by atoms with Crippen LogP contribution in [0.5, 0.6) is 5.75 Å². The van der Waals surface area contributed by atoms with Crippen molar-refractivity contribution in [3.8, 4) is 5.75 Å². The number of hydrogen-bond acceptors (Lipinski definition) is 5. The Balaban J connectivity index is 1.24. The number of rotatable bonds is 4. The van der Waals surface area contributed by atoms with Crippen LogP contribution in [0.3, 0.4) is 0 Å². The molecule has 0 bridgehead atoms. The Kier molecular flexibility index (Phi) is 5.32. The van der Waals surface area contributed by atoms with Gasteiger partial charge in [0.05, 0.1) is 23.4 Å². The maximum absolute atomic E-state index is 12.7. The molecule has 0 spiro atoms. The second-order valence-corrected chi connectivity index (χ2v) is 8.83. The number of carbonyl (C=O) groups is 4. The Labute approximate surface area is 191 Å². The minimum absolute atomic E-state index is 0.0957. The van der Waals surface area contributed by atoms with Gasteiger partial charge in [0.2, 0.25) is 17.7 Å². The third kappa shape index (κ3) is 3.84. The summed E-state index contributed by atoms with van der Waals surface area (Å²) in [6.45, 7) is 2.22. The van der Waals surface area contributed by atoms with Gasteiger partial charge in [-0.25, -0.2) is 0 Å². The molecular formula is C26H24N2O5. The molecule has 7 heteroatoms. The van der Waals surface area contributed by atoms with Crippen LogP contribution in [0, 0.1) is 24.7 Å². The fourth-order valence-corrected chi connectivity index (χ4v) is 4.83. The van der Waals surface area contributed by atoms with E-state index in [2.05, 4.69) is 0 Å². The highest BCUT2D eigenvalue weighted by molar-refractivity contribution is 6.22. The van der Waals surface area contributed by atoms with E-state index < -0.39 is 11.9 Å². The maximum Gasteiger partial charge on any atom is 0.316 e. The van der Waals surface area contributed by atoms with Crippen molar-refractivity contribution >= 4 is 35.1 Å². The van der Waals surface area contributed by atoms with E-state index in [-0.39, 0.29) is 42.5 Å². The molecule has 0 unspecified atom stereocenters. The molecule has 0 N–H and O–H groups in total. The largest absolute Gasteiger partial charge is 0.426 e. The molecule has 2 fully saturated rings. The number of imide groups is 1. The van der Waals surface area contributed by atoms with Gasteiger partial charge in [-0.15, -0.1) is 0 Å². The number of hydrogen-bond donors (Lipinski definition) is 0. The number of aryl methyl sites for hydroxylation is 1. The molecule has 168 valence electrons. The monoisotopic (exact) mass is 444 g/mol. The van der Waals surface area contributed by atoms with E-state index in [9.17, 15) is 19.2 Å². The van der Waals surface area contributed by atoms with E-state index in [1.165, 1.54) is 4.90 Å². The predicted molar refractivity (Wildman–Crippen MR) is 122 cm³/mol. The van der Waals surface area contributed by atoms with Gasteiger partial charge in [-0.2, -0.15) is 0 Å². The topological polar surface area (TPSA) is 84.0 Å². The van der Waals surface area contributed by atoms with Gasteiger partial charge in [-0.05, 0) is 61.7 Å². The van der Waals surface area contributed by atoms with Gasteiger partial charge < -0.3 is 9.64 Å². The molecule has 2 aromatic carbocycles. The fourth-order valence-electron chi connectivity index (χ4n) is 4.83. The molecule has 0 radical (unpaired) electrons. The number of esters is 1. The summed E-state index contributed by atoms with van der Waals surface area (Å²) in [5, 5.41) is 0. The van der Waals surface area contributed by atoms with E-state index in [0.717, 1.165) is 11.3 Å². The van der Waals surface area contributed by atoms with Crippen LogP contribution in [0.15, 0.2) is 60.7 Å². The first-order valence-corrected chi connectivity index (χ1v) is 11.1. The molecule has 3 aliphatic rings. The molecule has 3 atom stereocenters. The highest BCUT2D eigenvalue weighted by Crippen LogP contribution is 2.38. The summed E-state index contributed by atoms with van der Waals surface area (Å²) in [6.07, 6.45) is 5.17. The number of carbonyl (C=O) groups excluding carboxylic acids is 4. The fraction of sp³-hybridized carbons (Fsp3) is 0.308. The first-order valence-electron chi connectivity index (χ1n) is 11.1. The Morgan fingerprint density at radius 2 is 1.58 bits per heavy atom. The second-order valence-electron chi connectivity index (χ2n) is 8.83. The van der Waals surface area contributed by atoms with Gasteiger partial charge in [0.15, 0.2) is 0 Å². The van der Waals surface area contributed by atoms with Gasteiger partial charge in [0.1, 0.15) is 5.75 Å². The smallest absolute Gasteiger partial charge is 0.316 e. The third-order valence-electron chi connectivity index (χ3n) is 6.59. The zero-order valence-corrected chi connectivity index (χ0v) is 18.3.